The summed E-state index contributed by atoms with van der Waals surface area (Å²) in [4.78, 5) is 9.38. The summed E-state index contributed by atoms with van der Waals surface area (Å²) in [5.74, 6) is 2.39. The molecule has 0 radical (unpaired) electrons. The summed E-state index contributed by atoms with van der Waals surface area (Å²) in [6, 6.07) is 15.3. The molecule has 33 heavy (non-hydrogen) atoms. The molecule has 4 nitrogen and oxygen atoms in total. The highest BCUT2D eigenvalue weighted by molar-refractivity contribution is 5.63. The monoisotopic (exact) mass is 436 g/mol. The molecule has 0 aliphatic carbocycles. The van der Waals surface area contributed by atoms with Gasteiger partial charge in [-0.15, -0.1) is 0 Å². The van der Waals surface area contributed by atoms with Crippen LogP contribution in [0.5, 0.6) is 0 Å². The van der Waals surface area contributed by atoms with Gasteiger partial charge in [-0.1, -0.05) is 30.3 Å². The van der Waals surface area contributed by atoms with E-state index in [-0.39, 0.29) is 0 Å². The molecule has 1 unspecified atom stereocenters. The lowest BCUT2D eigenvalue weighted by Crippen LogP contribution is -2.20. The summed E-state index contributed by atoms with van der Waals surface area (Å²) in [5, 5.41) is 4.92. The predicted molar refractivity (Wildman–Crippen MR) is 134 cm³/mol. The van der Waals surface area contributed by atoms with Gasteiger partial charge < -0.3 is 0 Å². The number of aromatic nitrogens is 4. The van der Waals surface area contributed by atoms with E-state index in [1.807, 2.05) is 13.1 Å². The minimum Gasteiger partial charge on any atom is -0.262 e. The van der Waals surface area contributed by atoms with Crippen LogP contribution in [-0.2, 0) is 13.0 Å². The molecule has 4 heteroatoms. The first kappa shape index (κ1) is 21.6. The van der Waals surface area contributed by atoms with Crippen molar-refractivity contribution in [3.8, 4) is 11.1 Å². The molecule has 4 aromatic rings. The average molecular weight is 437 g/mol. The van der Waals surface area contributed by atoms with E-state index in [2.05, 4.69) is 79.8 Å². The summed E-state index contributed by atoms with van der Waals surface area (Å²) < 4.78 is 2.16. The van der Waals surface area contributed by atoms with Gasteiger partial charge in [0.1, 0.15) is 5.82 Å². The lowest BCUT2D eigenvalue weighted by molar-refractivity contribution is 0.443. The maximum absolute atomic E-state index is 5.08. The maximum atomic E-state index is 5.08. The highest BCUT2D eigenvalue weighted by atomic mass is 15.4. The molecule has 0 N–H and O–H groups in total. The molecule has 1 aliphatic heterocycles. The van der Waals surface area contributed by atoms with Crippen molar-refractivity contribution < 1.29 is 0 Å². The molecule has 0 fully saturated rings. The second-order valence-corrected chi connectivity index (χ2v) is 9.54. The minimum atomic E-state index is 0.330. The normalized spacial score (nSPS) is 15.5. The van der Waals surface area contributed by atoms with Gasteiger partial charge in [-0.3, -0.25) is 4.98 Å². The van der Waals surface area contributed by atoms with Crippen molar-refractivity contribution in [3.63, 3.8) is 0 Å². The quantitative estimate of drug-likeness (QED) is 0.372. The predicted octanol–water partition coefficient (Wildman–Crippen LogP) is 6.40. The van der Waals surface area contributed by atoms with E-state index in [1.165, 1.54) is 44.5 Å². The standard InChI is InChI=1S/C29H32N4/c1-18-15-19(2)22(5)28(21(18)4)26-7-6-14-33-29(26)31-27(32-33)17-23-8-10-24(11-9-23)25-12-13-30-20(3)16-25/h8-13,15-16,26H,6-7,14,17H2,1-5H3. The van der Waals surface area contributed by atoms with Crippen molar-refractivity contribution in [1.82, 2.24) is 19.7 Å². The SMILES string of the molecule is Cc1cc(-c2ccc(Cc3nc4n(n3)CCCC4c3c(C)c(C)cc(C)c3C)cc2)ccn1. The second-order valence-electron chi connectivity index (χ2n) is 9.54. The molecule has 0 saturated carbocycles. The number of benzene rings is 2. The Morgan fingerprint density at radius 1 is 0.879 bits per heavy atom. The van der Waals surface area contributed by atoms with E-state index in [4.69, 9.17) is 10.1 Å². The van der Waals surface area contributed by atoms with Crippen LogP contribution in [0.15, 0.2) is 48.7 Å². The van der Waals surface area contributed by atoms with Gasteiger partial charge in [-0.05, 0) is 104 Å². The molecule has 2 aromatic heterocycles. The number of pyridine rings is 1. The van der Waals surface area contributed by atoms with Crippen LogP contribution in [0.2, 0.25) is 0 Å². The van der Waals surface area contributed by atoms with Gasteiger partial charge >= 0.3 is 0 Å². The van der Waals surface area contributed by atoms with Gasteiger partial charge in [-0.25, -0.2) is 9.67 Å². The molecule has 5 rings (SSSR count). The Morgan fingerprint density at radius 2 is 1.61 bits per heavy atom. The highest BCUT2D eigenvalue weighted by Crippen LogP contribution is 2.38. The molecule has 0 amide bonds. The van der Waals surface area contributed by atoms with Crippen molar-refractivity contribution >= 4 is 0 Å². The van der Waals surface area contributed by atoms with Gasteiger partial charge in [0.05, 0.1) is 0 Å². The Morgan fingerprint density at radius 3 is 2.30 bits per heavy atom. The molecule has 2 aromatic carbocycles. The van der Waals surface area contributed by atoms with Crippen molar-refractivity contribution in [1.29, 1.82) is 0 Å². The zero-order valence-electron chi connectivity index (χ0n) is 20.3. The minimum absolute atomic E-state index is 0.330. The van der Waals surface area contributed by atoms with E-state index in [0.29, 0.717) is 5.92 Å². The third kappa shape index (κ3) is 4.10. The molecule has 0 bridgehead atoms. The van der Waals surface area contributed by atoms with Gasteiger partial charge in [0, 0.05) is 30.8 Å². The smallest absolute Gasteiger partial charge is 0.155 e. The zero-order chi connectivity index (χ0) is 23.1. The van der Waals surface area contributed by atoms with Gasteiger partial charge in [0.2, 0.25) is 0 Å². The third-order valence-electron chi connectivity index (χ3n) is 7.24. The Kier molecular flexibility index (Phi) is 5.61. The third-order valence-corrected chi connectivity index (χ3v) is 7.24. The Labute approximate surface area is 196 Å². The number of hydrogen-bond acceptors (Lipinski definition) is 3. The fraction of sp³-hybridized carbons (Fsp3) is 0.345. The first-order valence-electron chi connectivity index (χ1n) is 11.9. The number of aryl methyl sites for hydroxylation is 4. The fourth-order valence-electron chi connectivity index (χ4n) is 5.24. The van der Waals surface area contributed by atoms with Crippen LogP contribution < -0.4 is 0 Å². The first-order chi connectivity index (χ1) is 15.9. The summed E-state index contributed by atoms with van der Waals surface area (Å²) in [6.45, 7) is 12.0. The average Bonchev–Trinajstić information content (AvgIpc) is 3.22. The lowest BCUT2D eigenvalue weighted by Gasteiger charge is -2.27. The fourth-order valence-corrected chi connectivity index (χ4v) is 5.24. The Hall–Kier alpha value is -3.27. The summed E-state index contributed by atoms with van der Waals surface area (Å²) in [5.41, 5.74) is 11.7. The molecule has 0 saturated heterocycles. The molecular weight excluding hydrogens is 404 g/mol. The summed E-state index contributed by atoms with van der Waals surface area (Å²) >= 11 is 0. The van der Waals surface area contributed by atoms with Crippen molar-refractivity contribution in [2.45, 2.75) is 66.3 Å². The number of hydrogen-bond donors (Lipinski definition) is 0. The second kappa shape index (κ2) is 8.58. The number of rotatable bonds is 4. The van der Waals surface area contributed by atoms with Crippen molar-refractivity contribution in [3.05, 3.63) is 99.4 Å². The lowest BCUT2D eigenvalue weighted by atomic mass is 9.82. The van der Waals surface area contributed by atoms with Crippen LogP contribution >= 0.6 is 0 Å². The molecule has 168 valence electrons. The molecule has 0 spiro atoms. The summed E-state index contributed by atoms with van der Waals surface area (Å²) in [7, 11) is 0. The van der Waals surface area contributed by atoms with Gasteiger partial charge in [0.15, 0.2) is 5.82 Å². The van der Waals surface area contributed by atoms with Gasteiger partial charge in [-0.2, -0.15) is 5.10 Å². The van der Waals surface area contributed by atoms with Crippen molar-refractivity contribution in [2.24, 2.45) is 0 Å². The molecular formula is C29H32N4. The molecule has 1 atom stereocenters. The zero-order valence-corrected chi connectivity index (χ0v) is 20.3. The molecule has 3 heterocycles. The Bertz CT molecular complexity index is 1290. The largest absolute Gasteiger partial charge is 0.262 e. The topological polar surface area (TPSA) is 43.6 Å². The van der Waals surface area contributed by atoms with Crippen LogP contribution in [0.3, 0.4) is 0 Å². The van der Waals surface area contributed by atoms with E-state index in [0.717, 1.165) is 43.1 Å². The van der Waals surface area contributed by atoms with E-state index < -0.39 is 0 Å². The van der Waals surface area contributed by atoms with Crippen LogP contribution in [-0.4, -0.2) is 19.7 Å². The van der Waals surface area contributed by atoms with Crippen molar-refractivity contribution in [2.75, 3.05) is 0 Å². The van der Waals surface area contributed by atoms with Crippen LogP contribution in [0.1, 0.15) is 69.5 Å². The van der Waals surface area contributed by atoms with E-state index in [1.54, 1.807) is 0 Å². The number of nitrogens with zero attached hydrogens (tertiary/aromatic N) is 4. The van der Waals surface area contributed by atoms with Gasteiger partial charge in [0.25, 0.3) is 0 Å². The maximum Gasteiger partial charge on any atom is 0.155 e. The van der Waals surface area contributed by atoms with Crippen LogP contribution in [0, 0.1) is 34.6 Å². The van der Waals surface area contributed by atoms with E-state index >= 15 is 0 Å². The number of fused-ring (bicyclic) bond motifs is 1. The van der Waals surface area contributed by atoms with Crippen LogP contribution in [0.25, 0.3) is 11.1 Å². The Balaban J connectivity index is 1.43. The van der Waals surface area contributed by atoms with Crippen LogP contribution in [0.4, 0.5) is 0 Å². The molecule has 1 aliphatic rings. The summed E-state index contributed by atoms with van der Waals surface area (Å²) in [6.07, 6.45) is 4.91. The van der Waals surface area contributed by atoms with E-state index in [9.17, 15) is 0 Å². The highest BCUT2D eigenvalue weighted by Gasteiger charge is 2.29. The first-order valence-corrected chi connectivity index (χ1v) is 11.9.